The maximum absolute atomic E-state index is 12.0. The number of carbonyl (C=O) groups is 1. The second kappa shape index (κ2) is 6.42. The molecule has 0 bridgehead atoms. The number of hydrogen-bond acceptors (Lipinski definition) is 2. The van der Waals surface area contributed by atoms with Crippen LogP contribution in [0.3, 0.4) is 0 Å². The quantitative estimate of drug-likeness (QED) is 0.799. The van der Waals surface area contributed by atoms with E-state index >= 15 is 0 Å². The van der Waals surface area contributed by atoms with Crippen molar-refractivity contribution in [3.63, 3.8) is 0 Å². The van der Waals surface area contributed by atoms with Gasteiger partial charge in [-0.2, -0.15) is 0 Å². The van der Waals surface area contributed by atoms with Crippen LogP contribution in [0.25, 0.3) is 0 Å². The lowest BCUT2D eigenvalue weighted by Crippen LogP contribution is -2.43. The van der Waals surface area contributed by atoms with Crippen LogP contribution in [0.5, 0.6) is 0 Å². The zero-order valence-electron chi connectivity index (χ0n) is 13.0. The van der Waals surface area contributed by atoms with Crippen LogP contribution in [0, 0.1) is 0 Å². The average Bonchev–Trinajstić information content (AvgIpc) is 2.50. The Morgan fingerprint density at radius 3 is 2.61 bits per heavy atom. The van der Waals surface area contributed by atoms with Gasteiger partial charge in [0.2, 0.25) is 5.91 Å². The molecule has 5 heteroatoms. The molecule has 2 aromatic carbocycles. The fourth-order valence-electron chi connectivity index (χ4n) is 3.22. The number of carbonyl (C=O) groups excluding carboxylic acids is 1. The van der Waals surface area contributed by atoms with Gasteiger partial charge >= 0.3 is 0 Å². The van der Waals surface area contributed by atoms with E-state index in [1.807, 2.05) is 35.2 Å². The number of para-hydroxylation sites is 1. The standard InChI is InChI=1S/C18H18Cl2N2O/c1-11-9-17(21-13-7-8-15(19)16(20)10-13)14-5-3-4-6-18(14)22(11)12(2)23/h3-8,10-11,17,21H,9H2,1-2H3/t11-,17+/m1/s1. The Balaban J connectivity index is 1.95. The highest BCUT2D eigenvalue weighted by Gasteiger charge is 2.31. The lowest BCUT2D eigenvalue weighted by atomic mass is 9.91. The number of rotatable bonds is 2. The number of nitrogens with one attached hydrogen (secondary N) is 1. The predicted molar refractivity (Wildman–Crippen MR) is 96.5 cm³/mol. The number of amides is 1. The molecule has 0 aliphatic carbocycles. The molecule has 0 radical (unpaired) electrons. The summed E-state index contributed by atoms with van der Waals surface area (Å²) in [7, 11) is 0. The van der Waals surface area contributed by atoms with Crippen LogP contribution in [-0.4, -0.2) is 11.9 Å². The van der Waals surface area contributed by atoms with E-state index in [2.05, 4.69) is 18.3 Å². The molecule has 2 atom stereocenters. The van der Waals surface area contributed by atoms with E-state index in [1.165, 1.54) is 0 Å². The summed E-state index contributed by atoms with van der Waals surface area (Å²) in [5, 5.41) is 4.58. The van der Waals surface area contributed by atoms with E-state index in [0.29, 0.717) is 10.0 Å². The van der Waals surface area contributed by atoms with E-state index in [4.69, 9.17) is 23.2 Å². The summed E-state index contributed by atoms with van der Waals surface area (Å²) in [6, 6.07) is 13.8. The van der Waals surface area contributed by atoms with Crippen molar-refractivity contribution in [3.05, 3.63) is 58.1 Å². The van der Waals surface area contributed by atoms with E-state index in [9.17, 15) is 4.79 Å². The molecule has 0 saturated heterocycles. The molecule has 1 aliphatic heterocycles. The van der Waals surface area contributed by atoms with Gasteiger partial charge in [0.25, 0.3) is 0 Å². The van der Waals surface area contributed by atoms with Gasteiger partial charge in [0.1, 0.15) is 0 Å². The maximum Gasteiger partial charge on any atom is 0.224 e. The first kappa shape index (κ1) is 16.2. The van der Waals surface area contributed by atoms with Crippen LogP contribution < -0.4 is 10.2 Å². The normalized spacial score (nSPS) is 20.1. The summed E-state index contributed by atoms with van der Waals surface area (Å²) >= 11 is 12.1. The van der Waals surface area contributed by atoms with E-state index < -0.39 is 0 Å². The Labute approximate surface area is 146 Å². The van der Waals surface area contributed by atoms with Crippen molar-refractivity contribution in [1.82, 2.24) is 0 Å². The third kappa shape index (κ3) is 3.17. The monoisotopic (exact) mass is 348 g/mol. The number of hydrogen-bond donors (Lipinski definition) is 1. The van der Waals surface area contributed by atoms with Gasteiger partial charge in [-0.05, 0) is 43.2 Å². The molecular formula is C18H18Cl2N2O. The van der Waals surface area contributed by atoms with Crippen molar-refractivity contribution in [2.45, 2.75) is 32.4 Å². The molecule has 23 heavy (non-hydrogen) atoms. The van der Waals surface area contributed by atoms with Gasteiger partial charge in [0.05, 0.1) is 16.1 Å². The Hall–Kier alpha value is -1.71. The Morgan fingerprint density at radius 1 is 1.17 bits per heavy atom. The Morgan fingerprint density at radius 2 is 1.91 bits per heavy atom. The molecule has 0 saturated carbocycles. The highest BCUT2D eigenvalue weighted by atomic mass is 35.5. The van der Waals surface area contributed by atoms with Crippen LogP contribution in [0.2, 0.25) is 10.0 Å². The lowest BCUT2D eigenvalue weighted by molar-refractivity contribution is -0.117. The van der Waals surface area contributed by atoms with E-state index in [0.717, 1.165) is 23.4 Å². The Kier molecular flexibility index (Phi) is 4.51. The molecule has 1 N–H and O–H groups in total. The second-order valence-corrected chi connectivity index (χ2v) is 6.67. The van der Waals surface area contributed by atoms with Gasteiger partial charge < -0.3 is 10.2 Å². The number of nitrogens with zero attached hydrogens (tertiary/aromatic N) is 1. The first-order valence-corrected chi connectivity index (χ1v) is 8.33. The number of benzene rings is 2. The van der Waals surface area contributed by atoms with Crippen LogP contribution in [0.4, 0.5) is 11.4 Å². The minimum absolute atomic E-state index is 0.0675. The molecular weight excluding hydrogens is 331 g/mol. The summed E-state index contributed by atoms with van der Waals surface area (Å²) in [6.45, 7) is 3.68. The third-order valence-electron chi connectivity index (χ3n) is 4.19. The van der Waals surface area contributed by atoms with E-state index in [-0.39, 0.29) is 18.0 Å². The molecule has 0 spiro atoms. The summed E-state index contributed by atoms with van der Waals surface area (Å²) < 4.78 is 0. The fourth-order valence-corrected chi connectivity index (χ4v) is 3.51. The van der Waals surface area contributed by atoms with Gasteiger partial charge in [-0.1, -0.05) is 41.4 Å². The van der Waals surface area contributed by atoms with E-state index in [1.54, 1.807) is 13.0 Å². The zero-order chi connectivity index (χ0) is 16.6. The van der Waals surface area contributed by atoms with Gasteiger partial charge in [-0.15, -0.1) is 0 Å². The molecule has 0 aromatic heterocycles. The Bertz CT molecular complexity index is 748. The van der Waals surface area contributed by atoms with Gasteiger partial charge in [-0.3, -0.25) is 4.79 Å². The van der Waals surface area contributed by atoms with Crippen LogP contribution in [0.15, 0.2) is 42.5 Å². The summed E-state index contributed by atoms with van der Waals surface area (Å²) in [4.78, 5) is 13.9. The van der Waals surface area contributed by atoms with Gasteiger partial charge in [0, 0.05) is 24.3 Å². The molecule has 1 heterocycles. The van der Waals surface area contributed by atoms with Crippen LogP contribution in [0.1, 0.15) is 31.9 Å². The highest BCUT2D eigenvalue weighted by molar-refractivity contribution is 6.42. The minimum atomic E-state index is 0.0675. The molecule has 0 fully saturated rings. The molecule has 1 aliphatic rings. The lowest BCUT2D eigenvalue weighted by Gasteiger charge is -2.39. The zero-order valence-corrected chi connectivity index (χ0v) is 14.5. The third-order valence-corrected chi connectivity index (χ3v) is 4.93. The largest absolute Gasteiger partial charge is 0.378 e. The van der Waals surface area contributed by atoms with Crippen LogP contribution in [-0.2, 0) is 4.79 Å². The molecule has 0 unspecified atom stereocenters. The van der Waals surface area contributed by atoms with Crippen molar-refractivity contribution in [2.75, 3.05) is 10.2 Å². The molecule has 120 valence electrons. The maximum atomic E-state index is 12.0. The predicted octanol–water partition coefficient (Wildman–Crippen LogP) is 5.29. The van der Waals surface area contributed by atoms with Crippen molar-refractivity contribution in [1.29, 1.82) is 0 Å². The highest BCUT2D eigenvalue weighted by Crippen LogP contribution is 2.39. The first-order valence-electron chi connectivity index (χ1n) is 7.57. The average molecular weight is 349 g/mol. The fraction of sp³-hybridized carbons (Fsp3) is 0.278. The number of fused-ring (bicyclic) bond motifs is 1. The van der Waals surface area contributed by atoms with Crippen LogP contribution >= 0.6 is 23.2 Å². The summed E-state index contributed by atoms with van der Waals surface area (Å²) in [6.07, 6.45) is 0.830. The van der Waals surface area contributed by atoms with Gasteiger partial charge in [-0.25, -0.2) is 0 Å². The molecule has 1 amide bonds. The number of halogens is 2. The van der Waals surface area contributed by atoms with Crippen molar-refractivity contribution < 1.29 is 4.79 Å². The topological polar surface area (TPSA) is 32.3 Å². The minimum Gasteiger partial charge on any atom is -0.378 e. The first-order chi connectivity index (χ1) is 11.0. The SMILES string of the molecule is CC(=O)N1c2ccccc2[C@@H](Nc2ccc(Cl)c(Cl)c2)C[C@H]1C. The number of anilines is 2. The second-order valence-electron chi connectivity index (χ2n) is 5.86. The van der Waals surface area contributed by atoms with Crippen molar-refractivity contribution >= 4 is 40.5 Å². The molecule has 2 aromatic rings. The smallest absolute Gasteiger partial charge is 0.224 e. The molecule has 3 rings (SSSR count). The van der Waals surface area contributed by atoms with Crippen molar-refractivity contribution in [2.24, 2.45) is 0 Å². The summed E-state index contributed by atoms with van der Waals surface area (Å²) in [5.74, 6) is 0.0675. The molecule has 3 nitrogen and oxygen atoms in total. The summed E-state index contributed by atoms with van der Waals surface area (Å²) in [5.41, 5.74) is 3.01. The van der Waals surface area contributed by atoms with Crippen molar-refractivity contribution in [3.8, 4) is 0 Å². The van der Waals surface area contributed by atoms with Gasteiger partial charge in [0.15, 0.2) is 0 Å².